The van der Waals surface area contributed by atoms with Gasteiger partial charge in [0.25, 0.3) is 5.91 Å². The van der Waals surface area contributed by atoms with Gasteiger partial charge < -0.3 is 4.90 Å². The van der Waals surface area contributed by atoms with Gasteiger partial charge in [-0.2, -0.15) is 5.10 Å². The number of amides is 1. The van der Waals surface area contributed by atoms with Gasteiger partial charge in [0.15, 0.2) is 5.82 Å². The molecule has 0 spiro atoms. The van der Waals surface area contributed by atoms with Gasteiger partial charge in [0.1, 0.15) is 11.5 Å². The highest BCUT2D eigenvalue weighted by atomic mass is 16.2. The molecule has 2 aromatic heterocycles. The first-order valence-electron chi connectivity index (χ1n) is 8.49. The molecular formula is C19H19N5O. The summed E-state index contributed by atoms with van der Waals surface area (Å²) in [6.07, 6.45) is 3.41. The predicted octanol–water partition coefficient (Wildman–Crippen LogP) is 2.89. The van der Waals surface area contributed by atoms with Crippen LogP contribution < -0.4 is 0 Å². The number of aromatic nitrogens is 4. The fourth-order valence-corrected chi connectivity index (χ4v) is 3.18. The number of hydrogen-bond acceptors (Lipinski definition) is 4. The second-order valence-corrected chi connectivity index (χ2v) is 6.19. The van der Waals surface area contributed by atoms with Gasteiger partial charge in [0.2, 0.25) is 0 Å². The van der Waals surface area contributed by atoms with Crippen molar-refractivity contribution in [2.45, 2.75) is 18.8 Å². The monoisotopic (exact) mass is 333 g/mol. The summed E-state index contributed by atoms with van der Waals surface area (Å²) in [7, 11) is 0. The van der Waals surface area contributed by atoms with Crippen LogP contribution in [0, 0.1) is 0 Å². The van der Waals surface area contributed by atoms with E-state index in [0.29, 0.717) is 24.7 Å². The van der Waals surface area contributed by atoms with Gasteiger partial charge in [-0.15, -0.1) is 0 Å². The summed E-state index contributed by atoms with van der Waals surface area (Å²) in [6, 6.07) is 15.4. The molecule has 1 aliphatic heterocycles. The van der Waals surface area contributed by atoms with E-state index in [2.05, 4.69) is 20.2 Å². The molecule has 1 N–H and O–H groups in total. The Kier molecular flexibility index (Phi) is 4.24. The van der Waals surface area contributed by atoms with Crippen LogP contribution in [-0.2, 0) is 0 Å². The van der Waals surface area contributed by atoms with Crippen molar-refractivity contribution in [1.29, 1.82) is 0 Å². The summed E-state index contributed by atoms with van der Waals surface area (Å²) in [5.41, 5.74) is 1.51. The third-order valence-corrected chi connectivity index (χ3v) is 4.59. The number of aromatic amines is 1. The molecule has 25 heavy (non-hydrogen) atoms. The molecule has 0 aliphatic carbocycles. The maximum Gasteiger partial charge on any atom is 0.272 e. The van der Waals surface area contributed by atoms with Crippen molar-refractivity contribution < 1.29 is 4.79 Å². The van der Waals surface area contributed by atoms with Crippen molar-refractivity contribution >= 4 is 5.91 Å². The van der Waals surface area contributed by atoms with Crippen molar-refractivity contribution in [3.63, 3.8) is 0 Å². The molecule has 0 bridgehead atoms. The number of piperidine rings is 1. The van der Waals surface area contributed by atoms with Gasteiger partial charge >= 0.3 is 0 Å². The zero-order valence-electron chi connectivity index (χ0n) is 13.8. The molecule has 126 valence electrons. The van der Waals surface area contributed by atoms with Gasteiger partial charge in [-0.05, 0) is 25.0 Å². The van der Waals surface area contributed by atoms with E-state index in [9.17, 15) is 4.79 Å². The van der Waals surface area contributed by atoms with Gasteiger partial charge in [0, 0.05) is 30.8 Å². The normalized spacial score (nSPS) is 15.3. The smallest absolute Gasteiger partial charge is 0.272 e. The molecular weight excluding hydrogens is 314 g/mol. The molecule has 1 fully saturated rings. The highest BCUT2D eigenvalue weighted by Crippen LogP contribution is 2.27. The van der Waals surface area contributed by atoms with E-state index in [4.69, 9.17) is 0 Å². The highest BCUT2D eigenvalue weighted by molar-refractivity contribution is 5.92. The van der Waals surface area contributed by atoms with Crippen molar-refractivity contribution in [2.24, 2.45) is 0 Å². The number of nitrogens with zero attached hydrogens (tertiary/aromatic N) is 4. The molecule has 4 rings (SSSR count). The van der Waals surface area contributed by atoms with Crippen LogP contribution in [0.1, 0.15) is 35.1 Å². The van der Waals surface area contributed by atoms with E-state index < -0.39 is 0 Å². The van der Waals surface area contributed by atoms with E-state index in [0.717, 1.165) is 30.1 Å². The van der Waals surface area contributed by atoms with Crippen LogP contribution in [0.5, 0.6) is 0 Å². The van der Waals surface area contributed by atoms with Crippen LogP contribution in [0.3, 0.4) is 0 Å². The van der Waals surface area contributed by atoms with Crippen LogP contribution in [0.25, 0.3) is 11.4 Å². The molecule has 1 saturated heterocycles. The molecule has 6 heteroatoms. The predicted molar refractivity (Wildman–Crippen MR) is 93.9 cm³/mol. The molecule has 0 unspecified atom stereocenters. The zero-order chi connectivity index (χ0) is 17.1. The third-order valence-electron chi connectivity index (χ3n) is 4.59. The first kappa shape index (κ1) is 15.5. The summed E-state index contributed by atoms with van der Waals surface area (Å²) < 4.78 is 0. The third kappa shape index (κ3) is 3.28. The lowest BCUT2D eigenvalue weighted by Crippen LogP contribution is -2.38. The Hall–Kier alpha value is -3.02. The van der Waals surface area contributed by atoms with Gasteiger partial charge in [-0.25, -0.2) is 4.98 Å². The maximum absolute atomic E-state index is 12.5. The maximum atomic E-state index is 12.5. The van der Waals surface area contributed by atoms with Crippen molar-refractivity contribution in [2.75, 3.05) is 13.1 Å². The first-order chi connectivity index (χ1) is 12.3. The number of carbonyl (C=O) groups is 1. The SMILES string of the molecule is O=C(c1ccccn1)N1CCC(c2nc(-c3ccccc3)n[nH]2)CC1. The van der Waals surface area contributed by atoms with Crippen LogP contribution in [0.2, 0.25) is 0 Å². The minimum Gasteiger partial charge on any atom is -0.337 e. The number of likely N-dealkylation sites (tertiary alicyclic amines) is 1. The topological polar surface area (TPSA) is 74.8 Å². The Labute approximate surface area is 145 Å². The Bertz CT molecular complexity index is 839. The lowest BCUT2D eigenvalue weighted by atomic mass is 9.96. The van der Waals surface area contributed by atoms with E-state index >= 15 is 0 Å². The van der Waals surface area contributed by atoms with Crippen LogP contribution in [0.4, 0.5) is 0 Å². The first-order valence-corrected chi connectivity index (χ1v) is 8.49. The molecule has 3 heterocycles. The highest BCUT2D eigenvalue weighted by Gasteiger charge is 2.27. The van der Waals surface area contributed by atoms with E-state index in [-0.39, 0.29) is 5.91 Å². The molecule has 0 atom stereocenters. The molecule has 0 radical (unpaired) electrons. The molecule has 1 amide bonds. The minimum atomic E-state index is 0.00148. The van der Waals surface area contributed by atoms with Gasteiger partial charge in [-0.3, -0.25) is 14.9 Å². The Morgan fingerprint density at radius 1 is 1.04 bits per heavy atom. The van der Waals surface area contributed by atoms with Crippen molar-refractivity contribution in [3.05, 3.63) is 66.2 Å². The zero-order valence-corrected chi connectivity index (χ0v) is 13.8. The largest absolute Gasteiger partial charge is 0.337 e. The lowest BCUT2D eigenvalue weighted by Gasteiger charge is -2.30. The van der Waals surface area contributed by atoms with Gasteiger partial charge in [-0.1, -0.05) is 36.4 Å². The van der Waals surface area contributed by atoms with Crippen LogP contribution in [0.15, 0.2) is 54.7 Å². The Balaban J connectivity index is 1.41. The average molecular weight is 333 g/mol. The minimum absolute atomic E-state index is 0.00148. The van der Waals surface area contributed by atoms with Crippen LogP contribution >= 0.6 is 0 Å². The second-order valence-electron chi connectivity index (χ2n) is 6.19. The second kappa shape index (κ2) is 6.84. The summed E-state index contributed by atoms with van der Waals surface area (Å²) in [5, 5.41) is 7.41. The number of nitrogens with one attached hydrogen (secondary N) is 1. The lowest BCUT2D eigenvalue weighted by molar-refractivity contribution is 0.0705. The summed E-state index contributed by atoms with van der Waals surface area (Å²) >= 11 is 0. The van der Waals surface area contributed by atoms with Crippen molar-refractivity contribution in [1.82, 2.24) is 25.1 Å². The number of pyridine rings is 1. The standard InChI is InChI=1S/C19H19N5O/c25-19(16-8-4-5-11-20-16)24-12-9-15(10-13-24)18-21-17(22-23-18)14-6-2-1-3-7-14/h1-8,11,15H,9-10,12-13H2,(H,21,22,23). The Morgan fingerprint density at radius 2 is 1.80 bits per heavy atom. The Morgan fingerprint density at radius 3 is 2.52 bits per heavy atom. The summed E-state index contributed by atoms with van der Waals surface area (Å²) in [4.78, 5) is 23.1. The average Bonchev–Trinajstić information content (AvgIpc) is 3.19. The van der Waals surface area contributed by atoms with Crippen LogP contribution in [-0.4, -0.2) is 44.1 Å². The van der Waals surface area contributed by atoms with Crippen molar-refractivity contribution in [3.8, 4) is 11.4 Å². The summed E-state index contributed by atoms with van der Waals surface area (Å²) in [5.74, 6) is 1.94. The summed E-state index contributed by atoms with van der Waals surface area (Å²) in [6.45, 7) is 1.42. The molecule has 1 aliphatic rings. The van der Waals surface area contributed by atoms with E-state index in [1.165, 1.54) is 0 Å². The molecule has 3 aromatic rings. The number of benzene rings is 1. The molecule has 1 aromatic carbocycles. The number of hydrogen-bond donors (Lipinski definition) is 1. The van der Waals surface area contributed by atoms with E-state index in [1.807, 2.05) is 47.4 Å². The molecule has 6 nitrogen and oxygen atoms in total. The number of rotatable bonds is 3. The number of carbonyl (C=O) groups excluding carboxylic acids is 1. The fourth-order valence-electron chi connectivity index (χ4n) is 3.18. The van der Waals surface area contributed by atoms with Gasteiger partial charge in [0.05, 0.1) is 0 Å². The fraction of sp³-hybridized carbons (Fsp3) is 0.263. The number of H-pyrrole nitrogens is 1. The quantitative estimate of drug-likeness (QED) is 0.800. The molecule has 0 saturated carbocycles. The van der Waals surface area contributed by atoms with E-state index in [1.54, 1.807) is 12.3 Å².